The molecule has 4 amide bonds. The maximum atomic E-state index is 14.8. The summed E-state index contributed by atoms with van der Waals surface area (Å²) in [5.41, 5.74) is 1.18. The molecule has 1 saturated heterocycles. The van der Waals surface area contributed by atoms with E-state index in [2.05, 4.69) is 4.90 Å². The quantitative estimate of drug-likeness (QED) is 0.232. The van der Waals surface area contributed by atoms with Crippen LogP contribution in [0.5, 0.6) is 11.5 Å². The average molecular weight is 1020 g/mol. The summed E-state index contributed by atoms with van der Waals surface area (Å²) in [6.45, 7) is 22.3. The molecule has 0 bridgehead atoms. The lowest BCUT2D eigenvalue weighted by Gasteiger charge is -2.32. The second-order valence-electron chi connectivity index (χ2n) is 21.1. The third-order valence-electron chi connectivity index (χ3n) is 11.4. The van der Waals surface area contributed by atoms with Gasteiger partial charge < -0.3 is 43.3 Å². The maximum Gasteiger partial charge on any atom is 0.410 e. The van der Waals surface area contributed by atoms with E-state index in [4.69, 9.17) is 23.7 Å². The number of fused-ring (bicyclic) bond motifs is 2. The van der Waals surface area contributed by atoms with Crippen LogP contribution in [0.4, 0.5) is 14.4 Å². The Hall–Kier alpha value is -4.80. The number of para-hydroxylation sites is 2. The first-order valence-corrected chi connectivity index (χ1v) is 27.7. The molecule has 3 aromatic rings. The largest absolute Gasteiger partial charge is 0.490 e. The molecule has 71 heavy (non-hydrogen) atoms. The van der Waals surface area contributed by atoms with E-state index in [1.165, 1.54) is 0 Å². The molecule has 2 aliphatic rings. The van der Waals surface area contributed by atoms with Crippen molar-refractivity contribution in [2.24, 2.45) is 0 Å². The fraction of sp³-hybridized carbons (Fsp3) is 0.600. The molecule has 16 heteroatoms. The summed E-state index contributed by atoms with van der Waals surface area (Å²) in [5, 5.41) is 0. The first-order chi connectivity index (χ1) is 33.7. The van der Waals surface area contributed by atoms with Crippen molar-refractivity contribution in [1.82, 2.24) is 24.5 Å². The molecule has 5 rings (SSSR count). The van der Waals surface area contributed by atoms with E-state index in [0.29, 0.717) is 30.2 Å². The molecule has 0 saturated carbocycles. The van der Waals surface area contributed by atoms with E-state index in [1.54, 1.807) is 14.7 Å². The normalized spacial score (nSPS) is 17.6. The van der Waals surface area contributed by atoms with Gasteiger partial charge in [0, 0.05) is 62.5 Å². The Balaban J connectivity index is 1.35. The van der Waals surface area contributed by atoms with Gasteiger partial charge in [0.25, 0.3) is 5.91 Å². The summed E-state index contributed by atoms with van der Waals surface area (Å²) in [4.78, 5) is 64.9. The highest BCUT2D eigenvalue weighted by Crippen LogP contribution is 2.25. The van der Waals surface area contributed by atoms with E-state index in [0.717, 1.165) is 85.0 Å². The second kappa shape index (κ2) is 27.9. The minimum Gasteiger partial charge on any atom is -0.490 e. The van der Waals surface area contributed by atoms with Crippen molar-refractivity contribution in [3.05, 3.63) is 95.1 Å². The molecule has 0 radical (unpaired) electrons. The molecule has 0 unspecified atom stereocenters. The predicted molar refractivity (Wildman–Crippen MR) is 286 cm³/mol. The number of benzene rings is 3. The van der Waals surface area contributed by atoms with E-state index in [9.17, 15) is 19.2 Å². The van der Waals surface area contributed by atoms with Crippen LogP contribution in [-0.4, -0.2) is 154 Å². The second-order valence-corrected chi connectivity index (χ2v) is 23.5. The molecule has 0 aliphatic carbocycles. The average Bonchev–Trinajstić information content (AvgIpc) is 3.29. The van der Waals surface area contributed by atoms with Gasteiger partial charge in [0.1, 0.15) is 41.5 Å². The number of hydrogen-bond acceptors (Lipinski definition) is 12. The van der Waals surface area contributed by atoms with Gasteiger partial charge in [0.2, 0.25) is 0 Å². The molecule has 0 N–H and O–H groups in total. The van der Waals surface area contributed by atoms with E-state index in [-0.39, 0.29) is 64.5 Å². The molecular formula is C55H81N5O9S2. The molecule has 14 nitrogen and oxygen atoms in total. The smallest absolute Gasteiger partial charge is 0.410 e. The van der Waals surface area contributed by atoms with Crippen LogP contribution in [0.2, 0.25) is 0 Å². The zero-order chi connectivity index (χ0) is 51.4. The number of carbonyl (C=O) groups excluding carboxylic acids is 4. The highest BCUT2D eigenvalue weighted by Gasteiger charge is 2.29. The van der Waals surface area contributed by atoms with E-state index < -0.39 is 29.0 Å². The van der Waals surface area contributed by atoms with Crippen molar-refractivity contribution >= 4 is 47.7 Å². The van der Waals surface area contributed by atoms with Gasteiger partial charge in [-0.05, 0) is 154 Å². The lowest BCUT2D eigenvalue weighted by Crippen LogP contribution is -2.46. The Morgan fingerprint density at radius 3 is 1.28 bits per heavy atom. The van der Waals surface area contributed by atoms with Crippen LogP contribution in [0.25, 0.3) is 0 Å². The van der Waals surface area contributed by atoms with Gasteiger partial charge in [0.05, 0.1) is 13.1 Å². The zero-order valence-corrected chi connectivity index (χ0v) is 45.6. The molecule has 392 valence electrons. The number of carbonyl (C=O) groups is 4. The van der Waals surface area contributed by atoms with Crippen LogP contribution in [0.1, 0.15) is 115 Å². The predicted octanol–water partition coefficient (Wildman–Crippen LogP) is 10.9. The Morgan fingerprint density at radius 2 is 0.859 bits per heavy atom. The fourth-order valence-corrected chi connectivity index (χ4v) is 9.71. The lowest BCUT2D eigenvalue weighted by molar-refractivity contribution is 0.0182. The van der Waals surface area contributed by atoms with Crippen molar-refractivity contribution < 1.29 is 42.9 Å². The third kappa shape index (κ3) is 21.1. The minimum absolute atomic E-state index is 0.154. The Bertz CT molecular complexity index is 2030. The van der Waals surface area contributed by atoms with E-state index in [1.807, 2.05) is 164 Å². The molecule has 0 atom stereocenters. The van der Waals surface area contributed by atoms with Gasteiger partial charge in [-0.2, -0.15) is 23.5 Å². The highest BCUT2D eigenvalue weighted by molar-refractivity contribution is 7.99. The summed E-state index contributed by atoms with van der Waals surface area (Å²) in [5.74, 6) is 5.07. The number of thioether (sulfide) groups is 2. The number of hydrogen-bond donors (Lipinski definition) is 0. The molecule has 2 aliphatic heterocycles. The van der Waals surface area contributed by atoms with Crippen LogP contribution < -0.4 is 9.47 Å². The van der Waals surface area contributed by atoms with Crippen molar-refractivity contribution in [2.45, 2.75) is 124 Å². The standard InChI is InChI=1S/C55H81N5O9S2/c1-53(2,3)67-50(62)58-28-16-38-70-36-14-26-56(27-15-37-71-39-17-29-58)40-43-22-24-44(25-23-43)49(61)57-30-32-59(51(63)68-54(4,5)6)41-45-18-10-12-20-47(45)65-34-35-66-48-21-13-11-19-46(48)42-60(33-31-57)52(64)69-55(7,8)9/h10-13,18-25H,14-17,26-42H2,1-9H3. The highest BCUT2D eigenvalue weighted by atomic mass is 32.2. The number of nitrogens with zero attached hydrogens (tertiary/aromatic N) is 5. The summed E-state index contributed by atoms with van der Waals surface area (Å²) in [6.07, 6.45) is 2.72. The van der Waals surface area contributed by atoms with Crippen LogP contribution in [0, 0.1) is 0 Å². The Morgan fingerprint density at radius 1 is 0.479 bits per heavy atom. The van der Waals surface area contributed by atoms with Gasteiger partial charge in [-0.25, -0.2) is 14.4 Å². The van der Waals surface area contributed by atoms with Gasteiger partial charge >= 0.3 is 18.3 Å². The van der Waals surface area contributed by atoms with E-state index >= 15 is 0 Å². The summed E-state index contributed by atoms with van der Waals surface area (Å²) in [6, 6.07) is 23.0. The lowest BCUT2D eigenvalue weighted by atomic mass is 10.1. The van der Waals surface area contributed by atoms with Crippen molar-refractivity contribution in [1.29, 1.82) is 0 Å². The molecule has 2 heterocycles. The summed E-state index contributed by atoms with van der Waals surface area (Å²) in [7, 11) is 0. The monoisotopic (exact) mass is 1020 g/mol. The molecule has 1 fully saturated rings. The SMILES string of the molecule is CC(C)(C)OC(=O)N1CCCSCCCN(Cc2ccc(C(=O)N3CCN(C(=O)OC(C)(C)C)Cc4ccccc4OCCOc4ccccc4CN(C(=O)OC(C)(C)C)CC3)cc2)CCCSCCC1. The molecular weight excluding hydrogens is 939 g/mol. The van der Waals surface area contributed by atoms with Crippen LogP contribution >= 0.6 is 23.5 Å². The molecule has 0 spiro atoms. The number of rotatable bonds is 3. The van der Waals surface area contributed by atoms with Crippen molar-refractivity contribution in [3.8, 4) is 11.5 Å². The van der Waals surface area contributed by atoms with Crippen molar-refractivity contribution in [3.63, 3.8) is 0 Å². The van der Waals surface area contributed by atoms with Gasteiger partial charge in [0.15, 0.2) is 0 Å². The minimum atomic E-state index is -0.758. The summed E-state index contributed by atoms with van der Waals surface area (Å²) >= 11 is 3.87. The summed E-state index contributed by atoms with van der Waals surface area (Å²) < 4.78 is 30.0. The van der Waals surface area contributed by atoms with Crippen LogP contribution in [0.15, 0.2) is 72.8 Å². The Kier molecular flexibility index (Phi) is 22.4. The topological polar surface area (TPSA) is 131 Å². The van der Waals surface area contributed by atoms with Gasteiger partial charge in [-0.3, -0.25) is 9.69 Å². The Labute approximate surface area is 432 Å². The number of amides is 4. The zero-order valence-electron chi connectivity index (χ0n) is 44.0. The first kappa shape index (κ1) is 57.1. The molecule has 0 aromatic heterocycles. The van der Waals surface area contributed by atoms with Crippen molar-refractivity contribution in [2.75, 3.05) is 88.6 Å². The van der Waals surface area contributed by atoms with Gasteiger partial charge in [-0.15, -0.1) is 0 Å². The third-order valence-corrected chi connectivity index (χ3v) is 13.7. The van der Waals surface area contributed by atoms with Crippen LogP contribution in [0.3, 0.4) is 0 Å². The van der Waals surface area contributed by atoms with Gasteiger partial charge in [-0.1, -0.05) is 48.5 Å². The number of ether oxygens (including phenoxy) is 5. The molecule has 3 aromatic carbocycles. The first-order valence-electron chi connectivity index (χ1n) is 25.3. The fourth-order valence-electron chi connectivity index (χ4n) is 7.97. The van der Waals surface area contributed by atoms with Crippen LogP contribution in [-0.2, 0) is 33.8 Å². The maximum absolute atomic E-state index is 14.8.